The Bertz CT molecular complexity index is 1140. The number of para-hydroxylation sites is 1. The average Bonchev–Trinajstić information content (AvgIpc) is 3.17. The number of aliphatic hydroxyl groups excluding tert-OH is 1. The van der Waals surface area contributed by atoms with Gasteiger partial charge in [0.05, 0.1) is 13.2 Å². The van der Waals surface area contributed by atoms with E-state index in [4.69, 9.17) is 4.74 Å². The number of hydrogen-bond acceptors (Lipinski definition) is 4. The first-order chi connectivity index (χ1) is 16.5. The zero-order valence-corrected chi connectivity index (χ0v) is 19.3. The van der Waals surface area contributed by atoms with Crippen LogP contribution in [0.2, 0.25) is 0 Å². The molecule has 4 nitrogen and oxygen atoms in total. The van der Waals surface area contributed by atoms with Crippen molar-refractivity contribution in [1.29, 1.82) is 0 Å². The number of aliphatic hydroxyl groups is 1. The molecule has 1 N–H and O–H groups in total. The highest BCUT2D eigenvalue weighted by atomic mass is 19.1. The fourth-order valence-electron chi connectivity index (χ4n) is 5.58. The van der Waals surface area contributed by atoms with Crippen LogP contribution in [0.1, 0.15) is 42.4 Å². The molecule has 5 rings (SSSR count). The van der Waals surface area contributed by atoms with Gasteiger partial charge in [-0.1, -0.05) is 18.2 Å². The van der Waals surface area contributed by atoms with Gasteiger partial charge >= 0.3 is 0 Å². The average molecular weight is 465 g/mol. The molecule has 3 aromatic carbocycles. The predicted octanol–water partition coefficient (Wildman–Crippen LogP) is 5.80. The molecule has 0 amide bonds. The minimum absolute atomic E-state index is 0.184. The van der Waals surface area contributed by atoms with Gasteiger partial charge in [0.1, 0.15) is 17.4 Å². The molecule has 6 heteroatoms. The Labute approximate surface area is 199 Å². The number of piperidine rings is 1. The van der Waals surface area contributed by atoms with Gasteiger partial charge < -0.3 is 19.6 Å². The van der Waals surface area contributed by atoms with E-state index in [1.807, 2.05) is 30.3 Å². The summed E-state index contributed by atoms with van der Waals surface area (Å²) in [5.74, 6) is 0.407. The van der Waals surface area contributed by atoms with Gasteiger partial charge in [-0.15, -0.1) is 0 Å². The number of likely N-dealkylation sites (tertiary alicyclic amines) is 1. The number of anilines is 2. The highest BCUT2D eigenvalue weighted by Crippen LogP contribution is 2.48. The van der Waals surface area contributed by atoms with Crippen LogP contribution in [0.25, 0.3) is 0 Å². The maximum absolute atomic E-state index is 14.2. The lowest BCUT2D eigenvalue weighted by atomic mass is 9.88. The summed E-state index contributed by atoms with van der Waals surface area (Å²) >= 11 is 0. The summed E-state index contributed by atoms with van der Waals surface area (Å²) in [5, 5.41) is 10.7. The number of ether oxygens (including phenoxy) is 1. The van der Waals surface area contributed by atoms with E-state index in [-0.39, 0.29) is 23.6 Å². The smallest absolute Gasteiger partial charge is 0.124 e. The van der Waals surface area contributed by atoms with E-state index in [1.54, 1.807) is 25.3 Å². The summed E-state index contributed by atoms with van der Waals surface area (Å²) in [6.07, 6.45) is 1.88. The van der Waals surface area contributed by atoms with Gasteiger partial charge in [0.25, 0.3) is 0 Å². The molecule has 178 valence electrons. The number of benzene rings is 3. The topological polar surface area (TPSA) is 35.9 Å². The van der Waals surface area contributed by atoms with E-state index in [0.717, 1.165) is 55.0 Å². The van der Waals surface area contributed by atoms with Gasteiger partial charge in [-0.2, -0.15) is 0 Å². The molecular formula is C28H30F2N2O2. The third-order valence-electron chi connectivity index (χ3n) is 7.20. The quantitative estimate of drug-likeness (QED) is 0.480. The van der Waals surface area contributed by atoms with Crippen molar-refractivity contribution in [3.8, 4) is 5.75 Å². The molecule has 3 unspecified atom stereocenters. The van der Waals surface area contributed by atoms with Gasteiger partial charge in [-0.05, 0) is 79.9 Å². The van der Waals surface area contributed by atoms with Gasteiger partial charge in [0, 0.05) is 42.0 Å². The Morgan fingerprint density at radius 2 is 1.79 bits per heavy atom. The number of fused-ring (bicyclic) bond motifs is 3. The summed E-state index contributed by atoms with van der Waals surface area (Å²) in [6.45, 7) is 2.64. The summed E-state index contributed by atoms with van der Waals surface area (Å²) in [4.78, 5) is 4.67. The normalized spacial score (nSPS) is 20.6. The Morgan fingerprint density at radius 3 is 2.59 bits per heavy atom. The zero-order valence-electron chi connectivity index (χ0n) is 19.3. The molecule has 2 heterocycles. The second-order valence-electron chi connectivity index (χ2n) is 9.21. The fraction of sp³-hybridized carbons (Fsp3) is 0.357. The SMILES string of the molecule is COc1ccccc1C(O)CCCN1CCC2C(C1)c1cc(F)ccc1N2c1ccc(F)cc1. The van der Waals surface area contributed by atoms with Crippen LogP contribution in [0.4, 0.5) is 20.2 Å². The molecule has 1 saturated heterocycles. The molecule has 2 aliphatic rings. The van der Waals surface area contributed by atoms with Crippen molar-refractivity contribution in [2.45, 2.75) is 37.3 Å². The van der Waals surface area contributed by atoms with Crippen LogP contribution in [0.3, 0.4) is 0 Å². The minimum Gasteiger partial charge on any atom is -0.496 e. The molecule has 3 atom stereocenters. The number of hydrogen-bond donors (Lipinski definition) is 1. The lowest BCUT2D eigenvalue weighted by Gasteiger charge is -2.39. The molecule has 0 bridgehead atoms. The van der Waals surface area contributed by atoms with E-state index in [9.17, 15) is 13.9 Å². The second-order valence-corrected chi connectivity index (χ2v) is 9.21. The molecular weight excluding hydrogens is 434 g/mol. The molecule has 3 aromatic rings. The van der Waals surface area contributed by atoms with Gasteiger partial charge in [-0.3, -0.25) is 0 Å². The summed E-state index contributed by atoms with van der Waals surface area (Å²) < 4.78 is 33.1. The number of rotatable bonds is 7. The molecule has 0 radical (unpaired) electrons. The van der Waals surface area contributed by atoms with Crippen LogP contribution in [0.5, 0.6) is 5.75 Å². The van der Waals surface area contributed by atoms with E-state index >= 15 is 0 Å². The Morgan fingerprint density at radius 1 is 1.03 bits per heavy atom. The van der Waals surface area contributed by atoms with Gasteiger partial charge in [0.15, 0.2) is 0 Å². The number of methoxy groups -OCH3 is 1. The lowest BCUT2D eigenvalue weighted by Crippen LogP contribution is -2.45. The van der Waals surface area contributed by atoms with Crippen LogP contribution in [0, 0.1) is 11.6 Å². The van der Waals surface area contributed by atoms with Crippen molar-refractivity contribution in [2.24, 2.45) is 0 Å². The standard InChI is InChI=1S/C28H30F2N2O2/c1-34-28-7-3-2-5-22(28)27(33)6-4-15-31-16-14-26-24(18-31)23-17-20(30)10-13-25(23)32(26)21-11-8-19(29)9-12-21/h2-3,5,7-13,17,24,26-27,33H,4,6,14-16,18H2,1H3. The molecule has 2 aliphatic heterocycles. The van der Waals surface area contributed by atoms with Crippen LogP contribution >= 0.6 is 0 Å². The van der Waals surface area contributed by atoms with Crippen molar-refractivity contribution in [2.75, 3.05) is 31.6 Å². The van der Waals surface area contributed by atoms with Gasteiger partial charge in [0.2, 0.25) is 0 Å². The largest absolute Gasteiger partial charge is 0.496 e. The molecule has 34 heavy (non-hydrogen) atoms. The fourth-order valence-corrected chi connectivity index (χ4v) is 5.58. The van der Waals surface area contributed by atoms with Crippen molar-refractivity contribution in [3.63, 3.8) is 0 Å². The first-order valence-electron chi connectivity index (χ1n) is 11.9. The molecule has 0 aromatic heterocycles. The maximum atomic E-state index is 14.2. The predicted molar refractivity (Wildman–Crippen MR) is 130 cm³/mol. The summed E-state index contributed by atoms with van der Waals surface area (Å²) in [6, 6.07) is 19.4. The third kappa shape index (κ3) is 4.40. The minimum atomic E-state index is -0.566. The lowest BCUT2D eigenvalue weighted by molar-refractivity contribution is 0.143. The van der Waals surface area contributed by atoms with Crippen molar-refractivity contribution >= 4 is 11.4 Å². The molecule has 0 saturated carbocycles. The zero-order chi connectivity index (χ0) is 23.7. The Hall–Kier alpha value is -2.96. The van der Waals surface area contributed by atoms with Crippen LogP contribution in [0.15, 0.2) is 66.7 Å². The maximum Gasteiger partial charge on any atom is 0.124 e. The Balaban J connectivity index is 1.27. The van der Waals surface area contributed by atoms with Crippen LogP contribution in [-0.2, 0) is 0 Å². The van der Waals surface area contributed by atoms with Crippen LogP contribution < -0.4 is 9.64 Å². The summed E-state index contributed by atoms with van der Waals surface area (Å²) in [7, 11) is 1.62. The van der Waals surface area contributed by atoms with Crippen molar-refractivity contribution in [3.05, 3.63) is 89.5 Å². The highest BCUT2D eigenvalue weighted by molar-refractivity contribution is 5.73. The summed E-state index contributed by atoms with van der Waals surface area (Å²) in [5.41, 5.74) is 3.79. The second kappa shape index (κ2) is 9.72. The van der Waals surface area contributed by atoms with E-state index in [2.05, 4.69) is 9.80 Å². The first kappa shape index (κ1) is 22.8. The molecule has 0 spiro atoms. The highest BCUT2D eigenvalue weighted by Gasteiger charge is 2.42. The van der Waals surface area contributed by atoms with E-state index < -0.39 is 6.10 Å². The number of halogens is 2. The van der Waals surface area contributed by atoms with Gasteiger partial charge in [-0.25, -0.2) is 8.78 Å². The van der Waals surface area contributed by atoms with Crippen LogP contribution in [-0.4, -0.2) is 42.8 Å². The van der Waals surface area contributed by atoms with Crippen molar-refractivity contribution < 1.29 is 18.6 Å². The molecule has 1 fully saturated rings. The van der Waals surface area contributed by atoms with E-state index in [1.165, 1.54) is 18.2 Å². The molecule has 0 aliphatic carbocycles. The first-order valence-corrected chi connectivity index (χ1v) is 11.9. The number of nitrogens with zero attached hydrogens (tertiary/aromatic N) is 2. The monoisotopic (exact) mass is 464 g/mol. The van der Waals surface area contributed by atoms with Crippen molar-refractivity contribution in [1.82, 2.24) is 4.90 Å². The Kier molecular flexibility index (Phi) is 6.53. The third-order valence-corrected chi connectivity index (χ3v) is 7.20. The van der Waals surface area contributed by atoms with E-state index in [0.29, 0.717) is 12.2 Å².